The zero-order chi connectivity index (χ0) is 19.5. The summed E-state index contributed by atoms with van der Waals surface area (Å²) in [5.41, 5.74) is 0.149. The van der Waals surface area contributed by atoms with Crippen LogP contribution in [0, 0.1) is 17.3 Å². The Kier molecular flexibility index (Phi) is 4.45. The van der Waals surface area contributed by atoms with Gasteiger partial charge in [0.25, 0.3) is 0 Å². The van der Waals surface area contributed by atoms with Gasteiger partial charge in [-0.3, -0.25) is 9.59 Å². The summed E-state index contributed by atoms with van der Waals surface area (Å²) in [5.74, 6) is -2.79. The molecule has 1 saturated carbocycles. The Labute approximate surface area is 164 Å². The summed E-state index contributed by atoms with van der Waals surface area (Å²) in [6, 6.07) is 0.101. The Morgan fingerprint density at radius 2 is 1.75 bits per heavy atom. The van der Waals surface area contributed by atoms with E-state index in [1.807, 2.05) is 9.80 Å². The monoisotopic (exact) mass is 396 g/mol. The van der Waals surface area contributed by atoms with E-state index in [1.165, 1.54) is 0 Å². The molecule has 0 radical (unpaired) electrons. The third kappa shape index (κ3) is 3.04. The number of alkyl halides is 2. The second kappa shape index (κ2) is 6.64. The van der Waals surface area contributed by atoms with Crippen molar-refractivity contribution in [3.8, 4) is 0 Å². The Balaban J connectivity index is 1.24. The third-order valence-electron chi connectivity index (χ3n) is 8.11. The molecular weight excluding hydrogens is 366 g/mol. The van der Waals surface area contributed by atoms with Gasteiger partial charge in [-0.05, 0) is 44.9 Å². The number of amides is 2. The Morgan fingerprint density at radius 3 is 2.46 bits per heavy atom. The van der Waals surface area contributed by atoms with E-state index in [4.69, 9.17) is 4.74 Å². The standard InChI is InChI=1S/C21H30F2N2O3/c22-21(23)5-3-14(4-6-21)18(26)25-15-1-2-17(25)16(11-15)19(27)24-9-7-20(12-24)8-10-28-13-20/h14-17H,1-13H2/t15-,16+,17-,20-/m1/s1. The highest BCUT2D eigenvalue weighted by Gasteiger charge is 2.54. The molecule has 1 aliphatic carbocycles. The molecule has 5 fully saturated rings. The van der Waals surface area contributed by atoms with Crippen molar-refractivity contribution in [1.29, 1.82) is 0 Å². The molecule has 2 bridgehead atoms. The van der Waals surface area contributed by atoms with Crippen molar-refractivity contribution in [2.75, 3.05) is 26.3 Å². The topological polar surface area (TPSA) is 49.9 Å². The van der Waals surface area contributed by atoms with E-state index in [0.717, 1.165) is 58.4 Å². The molecule has 0 aromatic heterocycles. The van der Waals surface area contributed by atoms with Crippen LogP contribution in [0.2, 0.25) is 0 Å². The molecule has 0 unspecified atom stereocenters. The van der Waals surface area contributed by atoms with Crippen LogP contribution in [-0.4, -0.2) is 65.9 Å². The van der Waals surface area contributed by atoms with Crippen LogP contribution < -0.4 is 0 Å². The van der Waals surface area contributed by atoms with E-state index in [0.29, 0.717) is 0 Å². The van der Waals surface area contributed by atoms with Crippen molar-refractivity contribution in [3.05, 3.63) is 0 Å². The Hall–Kier alpha value is -1.24. The number of fused-ring (bicyclic) bond motifs is 2. The van der Waals surface area contributed by atoms with E-state index < -0.39 is 5.92 Å². The average Bonchev–Trinajstić information content (AvgIpc) is 3.45. The summed E-state index contributed by atoms with van der Waals surface area (Å²) >= 11 is 0. The second-order valence-corrected chi connectivity index (χ2v) is 9.83. The smallest absolute Gasteiger partial charge is 0.248 e. The minimum absolute atomic E-state index is 0.0242. The zero-order valence-corrected chi connectivity index (χ0v) is 16.4. The molecule has 4 saturated heterocycles. The zero-order valence-electron chi connectivity index (χ0n) is 16.4. The molecule has 5 aliphatic rings. The van der Waals surface area contributed by atoms with Crippen LogP contribution in [0.3, 0.4) is 0 Å². The van der Waals surface area contributed by atoms with Crippen molar-refractivity contribution in [1.82, 2.24) is 9.80 Å². The summed E-state index contributed by atoms with van der Waals surface area (Å²) in [6.45, 7) is 3.12. The number of carbonyl (C=O) groups is 2. The first-order valence-electron chi connectivity index (χ1n) is 10.9. The fourth-order valence-corrected chi connectivity index (χ4v) is 6.42. The number of hydrogen-bond donors (Lipinski definition) is 0. The SMILES string of the molecule is O=C([C@H]1C[C@H]2CC[C@H]1N2C(=O)C1CCC(F)(F)CC1)N1CC[C@@]2(CCOC2)C1. The number of ether oxygens (including phenoxy) is 1. The molecule has 0 aromatic carbocycles. The number of carbonyl (C=O) groups excluding carboxylic acids is 2. The fraction of sp³-hybridized carbons (Fsp3) is 0.905. The lowest BCUT2D eigenvalue weighted by molar-refractivity contribution is -0.142. The molecule has 2 amide bonds. The van der Waals surface area contributed by atoms with Crippen LogP contribution in [-0.2, 0) is 14.3 Å². The highest BCUT2D eigenvalue weighted by Crippen LogP contribution is 2.47. The van der Waals surface area contributed by atoms with Gasteiger partial charge < -0.3 is 14.5 Å². The summed E-state index contributed by atoms with van der Waals surface area (Å²) in [4.78, 5) is 30.3. The van der Waals surface area contributed by atoms with Crippen LogP contribution in [0.4, 0.5) is 8.78 Å². The Bertz CT molecular complexity index is 654. The minimum atomic E-state index is -2.62. The second-order valence-electron chi connectivity index (χ2n) is 9.83. The molecule has 0 aromatic rings. The van der Waals surface area contributed by atoms with Gasteiger partial charge in [-0.25, -0.2) is 8.78 Å². The molecular formula is C21H30F2N2O3. The normalized spacial score (nSPS) is 40.0. The van der Waals surface area contributed by atoms with Crippen LogP contribution in [0.1, 0.15) is 57.8 Å². The highest BCUT2D eigenvalue weighted by atomic mass is 19.3. The maximum Gasteiger partial charge on any atom is 0.248 e. The molecule has 1 spiro atoms. The van der Waals surface area contributed by atoms with E-state index >= 15 is 0 Å². The van der Waals surface area contributed by atoms with Crippen molar-refractivity contribution in [2.24, 2.45) is 17.3 Å². The van der Waals surface area contributed by atoms with Gasteiger partial charge in [-0.1, -0.05) is 0 Å². The average molecular weight is 396 g/mol. The molecule has 4 heterocycles. The molecule has 28 heavy (non-hydrogen) atoms. The first-order valence-corrected chi connectivity index (χ1v) is 10.9. The summed E-state index contributed by atoms with van der Waals surface area (Å²) in [6.07, 6.45) is 4.78. The molecule has 0 N–H and O–H groups in total. The first kappa shape index (κ1) is 18.8. The predicted molar refractivity (Wildman–Crippen MR) is 97.7 cm³/mol. The summed E-state index contributed by atoms with van der Waals surface area (Å²) in [5, 5.41) is 0. The maximum atomic E-state index is 13.5. The van der Waals surface area contributed by atoms with E-state index in [9.17, 15) is 18.4 Å². The van der Waals surface area contributed by atoms with Gasteiger partial charge in [-0.2, -0.15) is 0 Å². The molecule has 156 valence electrons. The molecule has 5 nitrogen and oxygen atoms in total. The lowest BCUT2D eigenvalue weighted by atomic mass is 9.85. The van der Waals surface area contributed by atoms with Crippen molar-refractivity contribution >= 4 is 11.8 Å². The van der Waals surface area contributed by atoms with E-state index in [-0.39, 0.29) is 66.8 Å². The number of likely N-dealkylation sites (tertiary alicyclic amines) is 1. The number of halogens is 2. The summed E-state index contributed by atoms with van der Waals surface area (Å²) < 4.78 is 32.5. The lowest BCUT2D eigenvalue weighted by Crippen LogP contribution is -2.45. The third-order valence-corrected chi connectivity index (χ3v) is 8.11. The van der Waals surface area contributed by atoms with Crippen molar-refractivity contribution in [3.63, 3.8) is 0 Å². The molecule has 4 atom stereocenters. The number of rotatable bonds is 2. The van der Waals surface area contributed by atoms with Crippen LogP contribution in [0.5, 0.6) is 0 Å². The Morgan fingerprint density at radius 1 is 0.964 bits per heavy atom. The van der Waals surface area contributed by atoms with Crippen LogP contribution >= 0.6 is 0 Å². The van der Waals surface area contributed by atoms with Gasteiger partial charge in [0.1, 0.15) is 0 Å². The molecule has 7 heteroatoms. The van der Waals surface area contributed by atoms with Crippen molar-refractivity contribution < 1.29 is 23.1 Å². The maximum absolute atomic E-state index is 13.5. The minimum Gasteiger partial charge on any atom is -0.381 e. The number of hydrogen-bond acceptors (Lipinski definition) is 3. The van der Waals surface area contributed by atoms with Gasteiger partial charge in [0.2, 0.25) is 17.7 Å². The van der Waals surface area contributed by atoms with Gasteiger partial charge in [-0.15, -0.1) is 0 Å². The van der Waals surface area contributed by atoms with Gasteiger partial charge >= 0.3 is 0 Å². The molecule has 4 aliphatic heterocycles. The molecule has 5 rings (SSSR count). The predicted octanol–water partition coefficient (Wildman–Crippen LogP) is 2.83. The summed E-state index contributed by atoms with van der Waals surface area (Å²) in [7, 11) is 0. The van der Waals surface area contributed by atoms with Gasteiger partial charge in [0.15, 0.2) is 0 Å². The van der Waals surface area contributed by atoms with Crippen LogP contribution in [0.25, 0.3) is 0 Å². The largest absolute Gasteiger partial charge is 0.381 e. The van der Waals surface area contributed by atoms with Crippen molar-refractivity contribution in [2.45, 2.75) is 75.8 Å². The van der Waals surface area contributed by atoms with E-state index in [1.54, 1.807) is 0 Å². The quantitative estimate of drug-likeness (QED) is 0.721. The lowest BCUT2D eigenvalue weighted by Gasteiger charge is -2.33. The van der Waals surface area contributed by atoms with Crippen LogP contribution in [0.15, 0.2) is 0 Å². The number of nitrogens with zero attached hydrogens (tertiary/aromatic N) is 2. The fourth-order valence-electron chi connectivity index (χ4n) is 6.42. The van der Waals surface area contributed by atoms with Gasteiger partial charge in [0.05, 0.1) is 12.5 Å². The van der Waals surface area contributed by atoms with Gasteiger partial charge in [0, 0.05) is 56.0 Å². The van der Waals surface area contributed by atoms with E-state index in [2.05, 4.69) is 0 Å². The first-order chi connectivity index (χ1) is 13.4. The highest BCUT2D eigenvalue weighted by molar-refractivity contribution is 5.85.